The summed E-state index contributed by atoms with van der Waals surface area (Å²) in [5.74, 6) is 2.04. The smallest absolute Gasteiger partial charge is 0.00799 e. The molecule has 1 heteroatoms. The Hall–Kier alpha value is -0.0400. The zero-order valence-electron chi connectivity index (χ0n) is 8.97. The zero-order chi connectivity index (χ0) is 9.40. The molecule has 12 heavy (non-hydrogen) atoms. The number of hydrogen-bond acceptors (Lipinski definition) is 1. The molecule has 0 heterocycles. The first-order valence-electron chi connectivity index (χ1n) is 5.40. The van der Waals surface area contributed by atoms with Crippen LogP contribution in [0.4, 0.5) is 0 Å². The second-order valence-corrected chi connectivity index (χ2v) is 4.15. The van der Waals surface area contributed by atoms with Crippen LogP contribution >= 0.6 is 0 Å². The molecule has 0 radical (unpaired) electrons. The van der Waals surface area contributed by atoms with Gasteiger partial charge in [0.05, 0.1) is 0 Å². The molecule has 0 bridgehead atoms. The van der Waals surface area contributed by atoms with Crippen molar-refractivity contribution in [1.82, 2.24) is 0 Å². The molecule has 0 atom stereocenters. The average molecular weight is 171 g/mol. The molecule has 2 N–H and O–H groups in total. The molecule has 74 valence electrons. The average Bonchev–Trinajstić information content (AvgIpc) is 2.11. The highest BCUT2D eigenvalue weighted by molar-refractivity contribution is 4.65. The Morgan fingerprint density at radius 1 is 1.00 bits per heavy atom. The molecule has 1 aliphatic rings. The maximum absolute atomic E-state index is 5.03. The van der Waals surface area contributed by atoms with Gasteiger partial charge in [-0.1, -0.05) is 46.5 Å². The lowest BCUT2D eigenvalue weighted by atomic mass is 9.84. The van der Waals surface area contributed by atoms with E-state index in [1.807, 2.05) is 0 Å². The number of rotatable bonds is 1. The summed E-state index contributed by atoms with van der Waals surface area (Å²) < 4.78 is 0. The van der Waals surface area contributed by atoms with E-state index >= 15 is 0 Å². The molecule has 1 nitrogen and oxygen atoms in total. The molecule has 1 rings (SSSR count). The molecular formula is C11H25N. The monoisotopic (exact) mass is 171 g/mol. The molecule has 0 saturated heterocycles. The summed E-state index contributed by atoms with van der Waals surface area (Å²) in [5, 5.41) is 0. The van der Waals surface area contributed by atoms with Gasteiger partial charge in [0.1, 0.15) is 0 Å². The fraction of sp³-hybridized carbons (Fsp3) is 1.00. The van der Waals surface area contributed by atoms with Gasteiger partial charge in [-0.25, -0.2) is 0 Å². The van der Waals surface area contributed by atoms with E-state index in [0.717, 1.165) is 24.8 Å². The summed E-state index contributed by atoms with van der Waals surface area (Å²) in [6, 6.07) is 0. The molecule has 0 aromatic rings. The van der Waals surface area contributed by atoms with E-state index in [2.05, 4.69) is 20.8 Å². The Labute approximate surface area is 77.7 Å². The summed E-state index contributed by atoms with van der Waals surface area (Å²) in [7, 11) is 0. The first kappa shape index (κ1) is 12.0. The van der Waals surface area contributed by atoms with Gasteiger partial charge in [-0.05, 0) is 24.8 Å². The predicted octanol–water partition coefficient (Wildman–Crippen LogP) is 3.19. The number of hydrogen-bond donors (Lipinski definition) is 1. The van der Waals surface area contributed by atoms with Gasteiger partial charge < -0.3 is 5.73 Å². The fourth-order valence-corrected chi connectivity index (χ4v) is 1.43. The van der Waals surface area contributed by atoms with Crippen molar-refractivity contribution in [3.8, 4) is 0 Å². The lowest BCUT2D eigenvalue weighted by molar-refractivity contribution is 0.308. The molecular weight excluding hydrogens is 146 g/mol. The Morgan fingerprint density at radius 2 is 1.25 bits per heavy atom. The van der Waals surface area contributed by atoms with Crippen LogP contribution in [0.15, 0.2) is 0 Å². The molecule has 1 aliphatic carbocycles. The summed E-state index contributed by atoms with van der Waals surface area (Å²) in [5.41, 5.74) is 5.03. The quantitative estimate of drug-likeness (QED) is 0.644. The van der Waals surface area contributed by atoms with E-state index in [9.17, 15) is 0 Å². The van der Waals surface area contributed by atoms with Gasteiger partial charge in [0.15, 0.2) is 0 Å². The minimum absolute atomic E-state index is 0.819. The van der Waals surface area contributed by atoms with Crippen molar-refractivity contribution in [3.63, 3.8) is 0 Å². The molecule has 1 fully saturated rings. The highest BCUT2D eigenvalue weighted by Crippen LogP contribution is 2.27. The molecule has 0 spiro atoms. The first-order valence-corrected chi connectivity index (χ1v) is 5.40. The topological polar surface area (TPSA) is 26.0 Å². The Balaban J connectivity index is 0.000000261. The molecule has 0 aliphatic heterocycles. The minimum atomic E-state index is 0.819. The minimum Gasteiger partial charge on any atom is -0.330 e. The van der Waals surface area contributed by atoms with Gasteiger partial charge in [-0.3, -0.25) is 0 Å². The van der Waals surface area contributed by atoms with Crippen molar-refractivity contribution in [2.75, 3.05) is 6.54 Å². The van der Waals surface area contributed by atoms with Crippen molar-refractivity contribution < 1.29 is 0 Å². The van der Waals surface area contributed by atoms with Crippen molar-refractivity contribution in [1.29, 1.82) is 0 Å². The van der Waals surface area contributed by atoms with E-state index < -0.39 is 0 Å². The van der Waals surface area contributed by atoms with Gasteiger partial charge in [-0.15, -0.1) is 0 Å². The standard InChI is InChI=1S/C8H16.C3H9N/c1-7-3-5-8(2)6-4-7;1-2-3-4/h7-8H,3-6H2,1-2H3;2-4H2,1H3. The lowest BCUT2D eigenvalue weighted by Crippen LogP contribution is -2.08. The van der Waals surface area contributed by atoms with Crippen molar-refractivity contribution in [2.24, 2.45) is 17.6 Å². The van der Waals surface area contributed by atoms with Crippen LogP contribution in [0.1, 0.15) is 52.9 Å². The van der Waals surface area contributed by atoms with E-state index in [1.54, 1.807) is 0 Å². The van der Waals surface area contributed by atoms with Crippen molar-refractivity contribution in [2.45, 2.75) is 52.9 Å². The zero-order valence-corrected chi connectivity index (χ0v) is 8.97. The van der Waals surface area contributed by atoms with E-state index in [0.29, 0.717) is 0 Å². The molecule has 1 saturated carbocycles. The summed E-state index contributed by atoms with van der Waals surface area (Å²) in [6.07, 6.45) is 6.99. The van der Waals surface area contributed by atoms with E-state index in [1.165, 1.54) is 25.7 Å². The maximum atomic E-state index is 5.03. The Kier molecular flexibility index (Phi) is 7.58. The summed E-state index contributed by atoms with van der Waals surface area (Å²) in [6.45, 7) is 7.61. The highest BCUT2D eigenvalue weighted by Gasteiger charge is 2.13. The van der Waals surface area contributed by atoms with Crippen LogP contribution < -0.4 is 5.73 Å². The van der Waals surface area contributed by atoms with Crippen LogP contribution in [0.2, 0.25) is 0 Å². The number of nitrogens with two attached hydrogens (primary N) is 1. The Morgan fingerprint density at radius 3 is 1.42 bits per heavy atom. The molecule has 0 aromatic carbocycles. The van der Waals surface area contributed by atoms with Gasteiger partial charge >= 0.3 is 0 Å². The third-order valence-corrected chi connectivity index (χ3v) is 2.59. The van der Waals surface area contributed by atoms with E-state index in [-0.39, 0.29) is 0 Å². The van der Waals surface area contributed by atoms with Crippen LogP contribution in [-0.2, 0) is 0 Å². The summed E-state index contributed by atoms with van der Waals surface area (Å²) >= 11 is 0. The maximum Gasteiger partial charge on any atom is -0.00799 e. The third kappa shape index (κ3) is 6.66. The Bertz CT molecular complexity index is 71.0. The van der Waals surface area contributed by atoms with Crippen LogP contribution in [0.5, 0.6) is 0 Å². The fourth-order valence-electron chi connectivity index (χ4n) is 1.43. The SMILES string of the molecule is CC1CCC(C)CC1.CCCN. The normalized spacial score (nSPS) is 29.0. The predicted molar refractivity (Wildman–Crippen MR) is 56.1 cm³/mol. The van der Waals surface area contributed by atoms with Gasteiger partial charge in [0.2, 0.25) is 0 Å². The van der Waals surface area contributed by atoms with Crippen molar-refractivity contribution in [3.05, 3.63) is 0 Å². The van der Waals surface area contributed by atoms with E-state index in [4.69, 9.17) is 5.73 Å². The van der Waals surface area contributed by atoms with Crippen LogP contribution in [-0.4, -0.2) is 6.54 Å². The molecule has 0 amide bonds. The van der Waals surface area contributed by atoms with Crippen molar-refractivity contribution >= 4 is 0 Å². The van der Waals surface area contributed by atoms with Gasteiger partial charge in [0.25, 0.3) is 0 Å². The summed E-state index contributed by atoms with van der Waals surface area (Å²) in [4.78, 5) is 0. The van der Waals surface area contributed by atoms with Gasteiger partial charge in [0, 0.05) is 0 Å². The molecule has 0 aromatic heterocycles. The first-order chi connectivity index (χ1) is 5.70. The lowest BCUT2D eigenvalue weighted by Gasteiger charge is -2.22. The second-order valence-electron chi connectivity index (χ2n) is 4.15. The van der Waals surface area contributed by atoms with Crippen LogP contribution in [0, 0.1) is 11.8 Å². The largest absolute Gasteiger partial charge is 0.330 e. The molecule has 0 unspecified atom stereocenters. The van der Waals surface area contributed by atoms with Crippen LogP contribution in [0.3, 0.4) is 0 Å². The van der Waals surface area contributed by atoms with Crippen LogP contribution in [0.25, 0.3) is 0 Å². The third-order valence-electron chi connectivity index (χ3n) is 2.59. The highest BCUT2D eigenvalue weighted by atomic mass is 14.5. The second kappa shape index (κ2) is 7.60. The van der Waals surface area contributed by atoms with Gasteiger partial charge in [-0.2, -0.15) is 0 Å².